The molecular weight excluding hydrogens is 273 g/mol. The highest BCUT2D eigenvalue weighted by Gasteiger charge is 2.11. The summed E-state index contributed by atoms with van der Waals surface area (Å²) >= 11 is 0. The molecule has 0 unspecified atom stereocenters. The lowest BCUT2D eigenvalue weighted by Crippen LogP contribution is -1.98. The summed E-state index contributed by atoms with van der Waals surface area (Å²) in [6, 6.07) is 7.02. The van der Waals surface area contributed by atoms with E-state index in [1.165, 1.54) is 17.2 Å². The lowest BCUT2D eigenvalue weighted by Gasteiger charge is -2.16. The molecule has 0 aliphatic rings. The first kappa shape index (κ1) is 17.9. The molecule has 1 aromatic rings. The maximum Gasteiger partial charge on any atom is 0.123 e. The second-order valence-electron chi connectivity index (χ2n) is 6.10. The molecule has 0 atom stereocenters. The smallest absolute Gasteiger partial charge is 0.123 e. The molecule has 0 aliphatic heterocycles. The van der Waals surface area contributed by atoms with Crippen molar-refractivity contribution >= 4 is 5.57 Å². The first-order valence-electron chi connectivity index (χ1n) is 7.48. The summed E-state index contributed by atoms with van der Waals surface area (Å²) in [4.78, 5) is 0. The van der Waals surface area contributed by atoms with Crippen LogP contribution in [-0.4, -0.2) is 0 Å². The normalized spacial score (nSPS) is 12.9. The van der Waals surface area contributed by atoms with Gasteiger partial charge in [0.05, 0.1) is 6.07 Å². The molecular formula is C20H24FN. The Morgan fingerprint density at radius 2 is 1.95 bits per heavy atom. The maximum absolute atomic E-state index is 13.5. The molecule has 0 saturated heterocycles. The van der Waals surface area contributed by atoms with Crippen LogP contribution in [0.3, 0.4) is 0 Å². The fourth-order valence-electron chi connectivity index (χ4n) is 2.51. The topological polar surface area (TPSA) is 23.8 Å². The van der Waals surface area contributed by atoms with E-state index in [0.29, 0.717) is 5.57 Å². The largest absolute Gasteiger partial charge is 0.207 e. The molecule has 22 heavy (non-hydrogen) atoms. The highest BCUT2D eigenvalue weighted by molar-refractivity contribution is 5.70. The zero-order valence-electron chi connectivity index (χ0n) is 14.1. The minimum Gasteiger partial charge on any atom is -0.207 e. The molecule has 1 aromatic carbocycles. The number of rotatable bonds is 5. The van der Waals surface area contributed by atoms with Gasteiger partial charge in [-0.1, -0.05) is 37.6 Å². The van der Waals surface area contributed by atoms with Gasteiger partial charge in [-0.15, -0.1) is 0 Å². The van der Waals surface area contributed by atoms with Gasteiger partial charge in [-0.2, -0.15) is 5.26 Å². The Kier molecular flexibility index (Phi) is 6.31. The summed E-state index contributed by atoms with van der Waals surface area (Å²) in [5.74, 6) is 0.0720. The summed E-state index contributed by atoms with van der Waals surface area (Å²) in [6.07, 6.45) is 2.59. The van der Waals surface area contributed by atoms with Crippen LogP contribution < -0.4 is 0 Å². The van der Waals surface area contributed by atoms with Crippen LogP contribution in [0.25, 0.3) is 5.57 Å². The number of hydrogen-bond acceptors (Lipinski definition) is 1. The van der Waals surface area contributed by atoms with E-state index in [0.717, 1.165) is 23.1 Å². The molecule has 0 spiro atoms. The molecule has 0 saturated carbocycles. The molecule has 0 aromatic heterocycles. The minimum absolute atomic E-state index is 0.195. The molecule has 1 nitrogen and oxygen atoms in total. The quantitative estimate of drug-likeness (QED) is 0.471. The number of hydrogen-bond donors (Lipinski definition) is 0. The van der Waals surface area contributed by atoms with E-state index in [9.17, 15) is 4.39 Å². The number of nitrogens with zero attached hydrogens (tertiary/aromatic N) is 1. The highest BCUT2D eigenvalue weighted by atomic mass is 19.1. The van der Waals surface area contributed by atoms with Gasteiger partial charge < -0.3 is 0 Å². The van der Waals surface area contributed by atoms with Gasteiger partial charge in [-0.3, -0.25) is 0 Å². The second kappa shape index (κ2) is 7.75. The SMILES string of the molecule is C=C(C#N)/C=C(\C)C/C(C)=C(/C)c1ccc(F)cc1C(C)C. The lowest BCUT2D eigenvalue weighted by atomic mass is 9.89. The minimum atomic E-state index is -0.195. The van der Waals surface area contributed by atoms with Gasteiger partial charge in [-0.05, 0) is 68.0 Å². The van der Waals surface area contributed by atoms with Crippen molar-refractivity contribution in [1.29, 1.82) is 5.26 Å². The Bertz CT molecular complexity index is 669. The number of allylic oxidation sites excluding steroid dienone is 5. The molecule has 0 heterocycles. The summed E-state index contributed by atoms with van der Waals surface area (Å²) < 4.78 is 13.5. The zero-order chi connectivity index (χ0) is 16.9. The van der Waals surface area contributed by atoms with Crippen molar-refractivity contribution in [2.45, 2.75) is 47.0 Å². The van der Waals surface area contributed by atoms with Gasteiger partial charge in [0.1, 0.15) is 5.82 Å². The Labute approximate surface area is 133 Å². The van der Waals surface area contributed by atoms with Crippen molar-refractivity contribution in [2.75, 3.05) is 0 Å². The van der Waals surface area contributed by atoms with Gasteiger partial charge >= 0.3 is 0 Å². The van der Waals surface area contributed by atoms with Crippen LogP contribution in [-0.2, 0) is 0 Å². The monoisotopic (exact) mass is 297 g/mol. The van der Waals surface area contributed by atoms with Crippen LogP contribution in [0.2, 0.25) is 0 Å². The fourth-order valence-corrected chi connectivity index (χ4v) is 2.51. The summed E-state index contributed by atoms with van der Waals surface area (Å²) in [6.45, 7) is 14.0. The first-order valence-corrected chi connectivity index (χ1v) is 7.48. The third-order valence-corrected chi connectivity index (χ3v) is 3.79. The first-order chi connectivity index (χ1) is 10.3. The van der Waals surface area contributed by atoms with E-state index >= 15 is 0 Å². The highest BCUT2D eigenvalue weighted by Crippen LogP contribution is 2.30. The number of nitriles is 1. The van der Waals surface area contributed by atoms with E-state index in [-0.39, 0.29) is 11.7 Å². The molecule has 0 bridgehead atoms. The molecule has 0 amide bonds. The molecule has 2 heteroatoms. The van der Waals surface area contributed by atoms with E-state index in [1.807, 2.05) is 25.1 Å². The van der Waals surface area contributed by atoms with Crippen molar-refractivity contribution in [3.63, 3.8) is 0 Å². The van der Waals surface area contributed by atoms with Crippen molar-refractivity contribution in [2.24, 2.45) is 0 Å². The zero-order valence-corrected chi connectivity index (χ0v) is 14.1. The molecule has 1 rings (SSSR count). The lowest BCUT2D eigenvalue weighted by molar-refractivity contribution is 0.623. The maximum atomic E-state index is 13.5. The van der Waals surface area contributed by atoms with E-state index in [1.54, 1.807) is 6.07 Å². The fraction of sp³-hybridized carbons (Fsp3) is 0.350. The van der Waals surface area contributed by atoms with Crippen LogP contribution >= 0.6 is 0 Å². The van der Waals surface area contributed by atoms with Crippen LogP contribution in [0.4, 0.5) is 4.39 Å². The van der Waals surface area contributed by atoms with Crippen molar-refractivity contribution in [3.05, 3.63) is 64.5 Å². The van der Waals surface area contributed by atoms with Gasteiger partial charge in [0.15, 0.2) is 0 Å². The predicted octanol–water partition coefficient (Wildman–Crippen LogP) is 6.16. The van der Waals surface area contributed by atoms with E-state index in [2.05, 4.69) is 34.3 Å². The van der Waals surface area contributed by atoms with Crippen molar-refractivity contribution < 1.29 is 4.39 Å². The van der Waals surface area contributed by atoms with Gasteiger partial charge in [0.2, 0.25) is 0 Å². The average Bonchev–Trinajstić information content (AvgIpc) is 2.45. The third kappa shape index (κ3) is 4.70. The molecule has 0 N–H and O–H groups in total. The van der Waals surface area contributed by atoms with Crippen LogP contribution in [0.1, 0.15) is 58.1 Å². The van der Waals surface area contributed by atoms with E-state index < -0.39 is 0 Å². The number of halogens is 1. The molecule has 0 radical (unpaired) electrons. The van der Waals surface area contributed by atoms with E-state index in [4.69, 9.17) is 5.26 Å². The van der Waals surface area contributed by atoms with Gasteiger partial charge in [-0.25, -0.2) is 4.39 Å². The number of benzene rings is 1. The Morgan fingerprint density at radius 3 is 2.50 bits per heavy atom. The van der Waals surface area contributed by atoms with Gasteiger partial charge in [0.25, 0.3) is 0 Å². The van der Waals surface area contributed by atoms with Crippen molar-refractivity contribution in [1.82, 2.24) is 0 Å². The van der Waals surface area contributed by atoms with Crippen molar-refractivity contribution in [3.8, 4) is 6.07 Å². The Morgan fingerprint density at radius 1 is 1.32 bits per heavy atom. The van der Waals surface area contributed by atoms with Crippen LogP contribution in [0, 0.1) is 17.1 Å². The Balaban J connectivity index is 3.18. The van der Waals surface area contributed by atoms with Crippen LogP contribution in [0.5, 0.6) is 0 Å². The summed E-state index contributed by atoms with van der Waals surface area (Å²) in [5.41, 5.74) is 6.07. The molecule has 116 valence electrons. The van der Waals surface area contributed by atoms with Crippen LogP contribution in [0.15, 0.2) is 47.6 Å². The molecule has 0 aliphatic carbocycles. The van der Waals surface area contributed by atoms with Gasteiger partial charge in [0, 0.05) is 5.57 Å². The second-order valence-corrected chi connectivity index (χ2v) is 6.10. The predicted molar refractivity (Wildman–Crippen MR) is 91.9 cm³/mol. The Hall–Kier alpha value is -2.14. The standard InChI is InChI=1S/C20H24FN/c1-13(2)20-11-18(21)7-8-19(20)17(6)16(5)10-14(3)9-15(4)12-22/h7-9,11,13H,4,10H2,1-3,5-6H3/b14-9+,17-16-. The average molecular weight is 297 g/mol. The molecule has 0 fully saturated rings. The summed E-state index contributed by atoms with van der Waals surface area (Å²) in [7, 11) is 0. The third-order valence-electron chi connectivity index (χ3n) is 3.79. The summed E-state index contributed by atoms with van der Waals surface area (Å²) in [5, 5.41) is 8.79.